The normalized spacial score (nSPS) is 11.7. The first kappa shape index (κ1) is 17.9. The minimum absolute atomic E-state index is 0.0291. The molecule has 0 spiro atoms. The molecule has 1 atom stereocenters. The molecule has 0 saturated carbocycles. The number of hydrogen-bond acceptors (Lipinski definition) is 4. The first-order valence-corrected chi connectivity index (χ1v) is 8.61. The van der Waals surface area contributed by atoms with E-state index in [1.165, 1.54) is 6.20 Å². The highest BCUT2D eigenvalue weighted by Crippen LogP contribution is 2.21. The minimum atomic E-state index is -0.132. The van der Waals surface area contributed by atoms with Crippen LogP contribution in [-0.2, 0) is 0 Å². The molecule has 132 valence electrons. The molecule has 3 rings (SSSR count). The molecule has 0 aliphatic heterocycles. The second kappa shape index (κ2) is 7.97. The van der Waals surface area contributed by atoms with Gasteiger partial charge in [-0.15, -0.1) is 0 Å². The molecule has 1 amide bonds. The largest absolute Gasteiger partial charge is 0.362 e. The SMILES string of the molecule is Cc1cccc(C(=O)Nc2cccc([C@H](C)Nc3cncc(Cl)n3)c2)c1. The van der Waals surface area contributed by atoms with Gasteiger partial charge in [0.25, 0.3) is 5.91 Å². The Morgan fingerprint density at radius 2 is 1.92 bits per heavy atom. The monoisotopic (exact) mass is 366 g/mol. The number of rotatable bonds is 5. The summed E-state index contributed by atoms with van der Waals surface area (Å²) in [5.41, 5.74) is 3.43. The van der Waals surface area contributed by atoms with Gasteiger partial charge in [-0.3, -0.25) is 9.78 Å². The number of amides is 1. The Hall–Kier alpha value is -2.92. The maximum atomic E-state index is 12.4. The van der Waals surface area contributed by atoms with Gasteiger partial charge in [-0.05, 0) is 43.7 Å². The fourth-order valence-electron chi connectivity index (χ4n) is 2.59. The summed E-state index contributed by atoms with van der Waals surface area (Å²) < 4.78 is 0. The number of hydrogen-bond donors (Lipinski definition) is 2. The summed E-state index contributed by atoms with van der Waals surface area (Å²) in [5, 5.41) is 6.52. The summed E-state index contributed by atoms with van der Waals surface area (Å²) in [6.07, 6.45) is 3.10. The molecule has 2 aromatic carbocycles. The van der Waals surface area contributed by atoms with E-state index in [1.807, 2.05) is 56.3 Å². The molecule has 0 aliphatic rings. The van der Waals surface area contributed by atoms with Crippen molar-refractivity contribution >= 4 is 29.0 Å². The molecule has 0 aliphatic carbocycles. The lowest BCUT2D eigenvalue weighted by atomic mass is 10.1. The average molecular weight is 367 g/mol. The van der Waals surface area contributed by atoms with Crippen molar-refractivity contribution in [3.63, 3.8) is 0 Å². The van der Waals surface area contributed by atoms with E-state index in [-0.39, 0.29) is 11.9 Å². The number of benzene rings is 2. The summed E-state index contributed by atoms with van der Waals surface area (Å²) in [4.78, 5) is 20.6. The van der Waals surface area contributed by atoms with Crippen molar-refractivity contribution in [3.05, 3.63) is 82.8 Å². The summed E-state index contributed by atoms with van der Waals surface area (Å²) in [5.74, 6) is 0.464. The van der Waals surface area contributed by atoms with Crippen molar-refractivity contribution in [1.82, 2.24) is 9.97 Å². The quantitative estimate of drug-likeness (QED) is 0.676. The van der Waals surface area contributed by atoms with Gasteiger partial charge in [0.1, 0.15) is 11.0 Å². The zero-order chi connectivity index (χ0) is 18.5. The number of halogens is 1. The van der Waals surface area contributed by atoms with E-state index in [2.05, 4.69) is 20.6 Å². The molecule has 0 radical (unpaired) electrons. The summed E-state index contributed by atoms with van der Waals surface area (Å²) in [7, 11) is 0. The van der Waals surface area contributed by atoms with E-state index in [1.54, 1.807) is 12.3 Å². The van der Waals surface area contributed by atoms with Crippen LogP contribution in [0.3, 0.4) is 0 Å². The van der Waals surface area contributed by atoms with Crippen LogP contribution in [0.2, 0.25) is 5.15 Å². The Morgan fingerprint density at radius 1 is 1.12 bits per heavy atom. The Labute approximate surface area is 157 Å². The number of carbonyl (C=O) groups excluding carboxylic acids is 1. The number of aryl methyl sites for hydroxylation is 1. The van der Waals surface area contributed by atoms with Crippen molar-refractivity contribution in [2.75, 3.05) is 10.6 Å². The van der Waals surface area contributed by atoms with Crippen LogP contribution in [-0.4, -0.2) is 15.9 Å². The average Bonchev–Trinajstić information content (AvgIpc) is 2.62. The lowest BCUT2D eigenvalue weighted by Gasteiger charge is -2.16. The molecule has 6 heteroatoms. The third-order valence-corrected chi connectivity index (χ3v) is 4.08. The van der Waals surface area contributed by atoms with E-state index in [4.69, 9.17) is 11.6 Å². The summed E-state index contributed by atoms with van der Waals surface area (Å²) in [6, 6.07) is 15.2. The second-order valence-corrected chi connectivity index (χ2v) is 6.43. The van der Waals surface area contributed by atoms with E-state index in [0.29, 0.717) is 16.5 Å². The summed E-state index contributed by atoms with van der Waals surface area (Å²) in [6.45, 7) is 3.97. The molecule has 5 nitrogen and oxygen atoms in total. The van der Waals surface area contributed by atoms with Gasteiger partial charge in [-0.25, -0.2) is 4.98 Å². The third kappa shape index (κ3) is 4.58. The van der Waals surface area contributed by atoms with E-state index < -0.39 is 0 Å². The Kier molecular flexibility index (Phi) is 5.49. The van der Waals surface area contributed by atoms with Crippen molar-refractivity contribution in [1.29, 1.82) is 0 Å². The highest BCUT2D eigenvalue weighted by molar-refractivity contribution is 6.29. The van der Waals surface area contributed by atoms with Crippen molar-refractivity contribution < 1.29 is 4.79 Å². The first-order chi connectivity index (χ1) is 12.5. The predicted molar refractivity (Wildman–Crippen MR) is 105 cm³/mol. The molecule has 3 aromatic rings. The lowest BCUT2D eigenvalue weighted by Crippen LogP contribution is -2.13. The topological polar surface area (TPSA) is 66.9 Å². The van der Waals surface area contributed by atoms with Crippen molar-refractivity contribution in [3.8, 4) is 0 Å². The number of nitrogens with zero attached hydrogens (tertiary/aromatic N) is 2. The van der Waals surface area contributed by atoms with Gasteiger partial charge in [0.05, 0.1) is 18.4 Å². The van der Waals surface area contributed by atoms with Gasteiger partial charge in [0.2, 0.25) is 0 Å². The Bertz CT molecular complexity index is 929. The minimum Gasteiger partial charge on any atom is -0.362 e. The molecule has 0 fully saturated rings. The van der Waals surface area contributed by atoms with Crippen LogP contribution in [0.15, 0.2) is 60.9 Å². The van der Waals surface area contributed by atoms with Crippen LogP contribution in [0.1, 0.15) is 34.5 Å². The second-order valence-electron chi connectivity index (χ2n) is 6.04. The van der Waals surface area contributed by atoms with Crippen LogP contribution in [0.25, 0.3) is 0 Å². The smallest absolute Gasteiger partial charge is 0.255 e. The molecular formula is C20H19ClN4O. The molecule has 1 aromatic heterocycles. The van der Waals surface area contributed by atoms with Gasteiger partial charge >= 0.3 is 0 Å². The van der Waals surface area contributed by atoms with Crippen LogP contribution in [0.4, 0.5) is 11.5 Å². The number of aromatic nitrogens is 2. The fourth-order valence-corrected chi connectivity index (χ4v) is 2.74. The van der Waals surface area contributed by atoms with Crippen molar-refractivity contribution in [2.45, 2.75) is 19.9 Å². The number of nitrogens with one attached hydrogen (secondary N) is 2. The maximum Gasteiger partial charge on any atom is 0.255 e. The lowest BCUT2D eigenvalue weighted by molar-refractivity contribution is 0.102. The molecule has 26 heavy (non-hydrogen) atoms. The van der Waals surface area contributed by atoms with E-state index >= 15 is 0 Å². The van der Waals surface area contributed by atoms with Gasteiger partial charge in [-0.1, -0.05) is 41.4 Å². The Morgan fingerprint density at radius 3 is 2.69 bits per heavy atom. The van der Waals surface area contributed by atoms with Crippen LogP contribution in [0.5, 0.6) is 0 Å². The first-order valence-electron chi connectivity index (χ1n) is 8.23. The van der Waals surface area contributed by atoms with E-state index in [0.717, 1.165) is 16.8 Å². The maximum absolute atomic E-state index is 12.4. The third-order valence-electron chi connectivity index (χ3n) is 3.89. The van der Waals surface area contributed by atoms with Gasteiger partial charge in [0, 0.05) is 11.3 Å². The standard InChI is InChI=1S/C20H19ClN4O/c1-13-5-3-7-16(9-13)20(26)24-17-8-4-6-15(10-17)14(2)23-19-12-22-11-18(21)25-19/h3-12,14H,1-2H3,(H,23,25)(H,24,26)/t14-/m0/s1. The predicted octanol–water partition coefficient (Wildman–Crippen LogP) is 4.86. The van der Waals surface area contributed by atoms with E-state index in [9.17, 15) is 4.79 Å². The highest BCUT2D eigenvalue weighted by atomic mass is 35.5. The van der Waals surface area contributed by atoms with Crippen LogP contribution >= 0.6 is 11.6 Å². The zero-order valence-electron chi connectivity index (χ0n) is 14.5. The molecule has 0 unspecified atom stereocenters. The number of carbonyl (C=O) groups is 1. The van der Waals surface area contributed by atoms with Crippen LogP contribution < -0.4 is 10.6 Å². The molecule has 0 bridgehead atoms. The fraction of sp³-hybridized carbons (Fsp3) is 0.150. The highest BCUT2D eigenvalue weighted by Gasteiger charge is 2.10. The molecule has 2 N–H and O–H groups in total. The van der Waals surface area contributed by atoms with Crippen LogP contribution in [0, 0.1) is 6.92 Å². The number of anilines is 2. The zero-order valence-corrected chi connectivity index (χ0v) is 15.3. The molecular weight excluding hydrogens is 348 g/mol. The van der Waals surface area contributed by atoms with Gasteiger partial charge < -0.3 is 10.6 Å². The molecule has 1 heterocycles. The van der Waals surface area contributed by atoms with Gasteiger partial charge in [-0.2, -0.15) is 0 Å². The molecule has 0 saturated heterocycles. The van der Waals surface area contributed by atoms with Crippen molar-refractivity contribution in [2.24, 2.45) is 0 Å². The Balaban J connectivity index is 1.72. The summed E-state index contributed by atoms with van der Waals surface area (Å²) >= 11 is 5.87. The van der Waals surface area contributed by atoms with Gasteiger partial charge in [0.15, 0.2) is 0 Å².